The van der Waals surface area contributed by atoms with Gasteiger partial charge in [-0.1, -0.05) is 31.2 Å². The highest BCUT2D eigenvalue weighted by Crippen LogP contribution is 2.27. The van der Waals surface area contributed by atoms with Gasteiger partial charge in [0, 0.05) is 19.3 Å². The van der Waals surface area contributed by atoms with Gasteiger partial charge < -0.3 is 15.0 Å². The highest BCUT2D eigenvalue weighted by molar-refractivity contribution is 6.22. The minimum absolute atomic E-state index is 0.119. The number of urea groups is 1. The van der Waals surface area contributed by atoms with Crippen LogP contribution in [0, 0.1) is 6.92 Å². The molecule has 1 heterocycles. The van der Waals surface area contributed by atoms with Crippen LogP contribution in [-0.4, -0.2) is 49.0 Å². The van der Waals surface area contributed by atoms with Crippen molar-refractivity contribution in [2.75, 3.05) is 30.5 Å². The van der Waals surface area contributed by atoms with E-state index in [0.29, 0.717) is 11.4 Å². The van der Waals surface area contributed by atoms with Crippen molar-refractivity contribution >= 4 is 29.2 Å². The zero-order valence-electron chi connectivity index (χ0n) is 17.6. The molecule has 1 saturated heterocycles. The van der Waals surface area contributed by atoms with Gasteiger partial charge in [0.2, 0.25) is 5.91 Å². The molecule has 30 heavy (non-hydrogen) atoms. The van der Waals surface area contributed by atoms with Gasteiger partial charge in [-0.3, -0.25) is 9.59 Å². The average Bonchev–Trinajstić information content (AvgIpc) is 2.96. The highest BCUT2D eigenvalue weighted by atomic mass is 16.5. The van der Waals surface area contributed by atoms with Crippen molar-refractivity contribution in [3.63, 3.8) is 0 Å². The van der Waals surface area contributed by atoms with E-state index >= 15 is 0 Å². The molecule has 1 atom stereocenters. The van der Waals surface area contributed by atoms with Crippen molar-refractivity contribution in [3.05, 3.63) is 59.7 Å². The van der Waals surface area contributed by atoms with Gasteiger partial charge in [-0.05, 0) is 48.7 Å². The molecule has 1 aliphatic heterocycles. The Bertz CT molecular complexity index is 926. The minimum Gasteiger partial charge on any atom is -0.383 e. The Kier molecular flexibility index (Phi) is 6.84. The van der Waals surface area contributed by atoms with E-state index in [1.807, 2.05) is 37.3 Å². The van der Waals surface area contributed by atoms with E-state index in [2.05, 4.69) is 12.2 Å². The molecule has 0 spiro atoms. The third kappa shape index (κ3) is 4.68. The third-order valence-electron chi connectivity index (χ3n) is 5.14. The van der Waals surface area contributed by atoms with Crippen LogP contribution in [0.2, 0.25) is 0 Å². The zero-order valence-corrected chi connectivity index (χ0v) is 17.6. The Morgan fingerprint density at radius 3 is 2.50 bits per heavy atom. The summed E-state index contributed by atoms with van der Waals surface area (Å²) in [6, 6.07) is 13.4. The zero-order chi connectivity index (χ0) is 21.7. The largest absolute Gasteiger partial charge is 0.383 e. The third-order valence-corrected chi connectivity index (χ3v) is 5.14. The lowest BCUT2D eigenvalue weighted by molar-refractivity contribution is -0.124. The molecule has 158 valence electrons. The second-order valence-corrected chi connectivity index (χ2v) is 7.30. The Balaban J connectivity index is 1.78. The van der Waals surface area contributed by atoms with E-state index in [0.717, 1.165) is 16.9 Å². The topological polar surface area (TPSA) is 79.0 Å². The number of aryl methyl sites for hydroxylation is 2. The van der Waals surface area contributed by atoms with E-state index < -0.39 is 18.0 Å². The molecule has 3 rings (SSSR count). The molecule has 0 aliphatic carbocycles. The van der Waals surface area contributed by atoms with Crippen molar-refractivity contribution in [1.82, 2.24) is 4.90 Å². The number of ether oxygens (including phenoxy) is 1. The number of imide groups is 1. The van der Waals surface area contributed by atoms with Crippen molar-refractivity contribution < 1.29 is 19.1 Å². The van der Waals surface area contributed by atoms with E-state index in [1.54, 1.807) is 18.2 Å². The molecular weight excluding hydrogens is 382 g/mol. The number of rotatable bonds is 8. The first-order chi connectivity index (χ1) is 14.4. The fraction of sp³-hybridized carbons (Fsp3) is 0.348. The predicted molar refractivity (Wildman–Crippen MR) is 115 cm³/mol. The number of nitrogens with zero attached hydrogens (tertiary/aromatic N) is 2. The number of carbonyl (C=O) groups excluding carboxylic acids is 3. The van der Waals surface area contributed by atoms with Gasteiger partial charge >= 0.3 is 6.03 Å². The van der Waals surface area contributed by atoms with Crippen LogP contribution in [0.3, 0.4) is 0 Å². The Labute approximate surface area is 176 Å². The number of hydrogen-bond acceptors (Lipinski definition) is 4. The summed E-state index contributed by atoms with van der Waals surface area (Å²) in [6.07, 6.45) is 0.794. The molecular formula is C23H27N3O4. The number of amides is 4. The fourth-order valence-electron chi connectivity index (χ4n) is 3.49. The van der Waals surface area contributed by atoms with Gasteiger partial charge in [0.05, 0.1) is 18.7 Å². The second-order valence-electron chi connectivity index (χ2n) is 7.30. The van der Waals surface area contributed by atoms with Gasteiger partial charge in [-0.25, -0.2) is 9.69 Å². The van der Waals surface area contributed by atoms with E-state index in [1.165, 1.54) is 17.6 Å². The maximum Gasteiger partial charge on any atom is 0.332 e. The molecule has 0 saturated carbocycles. The van der Waals surface area contributed by atoms with Crippen LogP contribution in [0.4, 0.5) is 16.2 Å². The molecule has 1 aliphatic rings. The van der Waals surface area contributed by atoms with Crippen LogP contribution in [-0.2, 0) is 20.7 Å². The predicted octanol–water partition coefficient (Wildman–Crippen LogP) is 3.37. The summed E-state index contributed by atoms with van der Waals surface area (Å²) >= 11 is 0. The first-order valence-corrected chi connectivity index (χ1v) is 10.0. The molecule has 0 bridgehead atoms. The molecule has 7 nitrogen and oxygen atoms in total. The van der Waals surface area contributed by atoms with Crippen LogP contribution in [0.15, 0.2) is 48.5 Å². The Morgan fingerprint density at radius 1 is 1.13 bits per heavy atom. The fourth-order valence-corrected chi connectivity index (χ4v) is 3.49. The van der Waals surface area contributed by atoms with Crippen LogP contribution >= 0.6 is 0 Å². The Morgan fingerprint density at radius 2 is 1.87 bits per heavy atom. The van der Waals surface area contributed by atoms with Crippen LogP contribution in [0.25, 0.3) is 0 Å². The first-order valence-electron chi connectivity index (χ1n) is 10.0. The maximum atomic E-state index is 13.1. The molecule has 4 amide bonds. The van der Waals surface area contributed by atoms with E-state index in [4.69, 9.17) is 4.74 Å². The van der Waals surface area contributed by atoms with E-state index in [9.17, 15) is 14.4 Å². The lowest BCUT2D eigenvalue weighted by Crippen LogP contribution is -2.39. The molecule has 2 aromatic carbocycles. The second kappa shape index (κ2) is 9.54. The van der Waals surface area contributed by atoms with Crippen molar-refractivity contribution in [2.45, 2.75) is 32.7 Å². The molecule has 0 radical (unpaired) electrons. The summed E-state index contributed by atoms with van der Waals surface area (Å²) in [5.74, 6) is -0.725. The number of benzene rings is 2. The first kappa shape index (κ1) is 21.5. The van der Waals surface area contributed by atoms with Crippen LogP contribution in [0.1, 0.15) is 24.5 Å². The molecule has 0 aromatic heterocycles. The summed E-state index contributed by atoms with van der Waals surface area (Å²) in [7, 11) is 1.53. The quantitative estimate of drug-likeness (QED) is 0.678. The number of methoxy groups -OCH3 is 1. The van der Waals surface area contributed by atoms with Gasteiger partial charge in [-0.2, -0.15) is 0 Å². The number of hydrogen-bond donors (Lipinski definition) is 1. The monoisotopic (exact) mass is 409 g/mol. The molecule has 2 aromatic rings. The summed E-state index contributed by atoms with van der Waals surface area (Å²) in [5, 5.41) is 2.82. The lowest BCUT2D eigenvalue weighted by atomic mass is 10.1. The molecule has 0 unspecified atom stereocenters. The van der Waals surface area contributed by atoms with Crippen molar-refractivity contribution in [3.8, 4) is 0 Å². The van der Waals surface area contributed by atoms with Crippen molar-refractivity contribution in [2.24, 2.45) is 0 Å². The SMILES string of the molecule is CCc1ccc(NC(=O)C[C@H]2C(=O)N(c3cccc(C)c3)C(=O)N2CCOC)cc1. The molecule has 1 N–H and O–H groups in total. The molecule has 7 heteroatoms. The highest BCUT2D eigenvalue weighted by Gasteiger charge is 2.46. The van der Waals surface area contributed by atoms with Gasteiger partial charge in [0.25, 0.3) is 5.91 Å². The van der Waals surface area contributed by atoms with Gasteiger partial charge in [0.1, 0.15) is 6.04 Å². The molecule has 1 fully saturated rings. The number of anilines is 2. The summed E-state index contributed by atoms with van der Waals surface area (Å²) < 4.78 is 5.09. The summed E-state index contributed by atoms with van der Waals surface area (Å²) in [5.41, 5.74) is 3.27. The maximum absolute atomic E-state index is 13.1. The minimum atomic E-state index is -0.872. The number of nitrogens with one attached hydrogen (secondary N) is 1. The van der Waals surface area contributed by atoms with Crippen LogP contribution in [0.5, 0.6) is 0 Å². The van der Waals surface area contributed by atoms with Gasteiger partial charge in [0.15, 0.2) is 0 Å². The lowest BCUT2D eigenvalue weighted by Gasteiger charge is -2.21. The number of carbonyl (C=O) groups is 3. The summed E-state index contributed by atoms with van der Waals surface area (Å²) in [6.45, 7) is 4.46. The Hall–Kier alpha value is -3.19. The van der Waals surface area contributed by atoms with E-state index in [-0.39, 0.29) is 25.5 Å². The van der Waals surface area contributed by atoms with Crippen LogP contribution < -0.4 is 10.2 Å². The van der Waals surface area contributed by atoms with Gasteiger partial charge in [-0.15, -0.1) is 0 Å². The van der Waals surface area contributed by atoms with Crippen molar-refractivity contribution in [1.29, 1.82) is 0 Å². The normalized spacial score (nSPS) is 16.3. The average molecular weight is 409 g/mol. The summed E-state index contributed by atoms with van der Waals surface area (Å²) in [4.78, 5) is 41.3. The smallest absolute Gasteiger partial charge is 0.332 e. The standard InChI is InChI=1S/C23H27N3O4/c1-4-17-8-10-18(11-9-17)24-21(27)15-20-22(28)26(19-7-5-6-16(2)14-19)23(29)25(20)12-13-30-3/h5-11,14,20H,4,12-13,15H2,1-3H3,(H,24,27)/t20-/m0/s1.